The van der Waals surface area contributed by atoms with Crippen LogP contribution in [-0.2, 0) is 0 Å². The molecule has 106 valence electrons. The highest BCUT2D eigenvalue weighted by molar-refractivity contribution is 5.87. The number of carboxylic acid groups (broad SMARTS) is 1. The first kappa shape index (κ1) is 13.2. The average Bonchev–Trinajstić information content (AvgIpc) is 2.86. The van der Waals surface area contributed by atoms with Gasteiger partial charge in [-0.1, -0.05) is 34.6 Å². The van der Waals surface area contributed by atoms with Crippen LogP contribution in [0.15, 0.2) is 24.3 Å². The van der Waals surface area contributed by atoms with Gasteiger partial charge >= 0.3 is 5.97 Å². The monoisotopic (exact) mass is 283 g/mol. The number of nitrogens with zero attached hydrogens (tertiary/aromatic N) is 2. The lowest BCUT2D eigenvalue weighted by Crippen LogP contribution is -2.07. The van der Waals surface area contributed by atoms with Crippen molar-refractivity contribution in [2.75, 3.05) is 0 Å². The fourth-order valence-electron chi connectivity index (χ4n) is 1.92. The fraction of sp³-hybridized carbons (Fsp3) is 0.267. The van der Waals surface area contributed by atoms with E-state index >= 15 is 0 Å². The van der Waals surface area contributed by atoms with E-state index in [2.05, 4.69) is 27.3 Å². The van der Waals surface area contributed by atoms with E-state index in [-0.39, 0.29) is 11.6 Å². The van der Waals surface area contributed by atoms with E-state index in [1.165, 1.54) is 19.3 Å². The molecule has 1 fully saturated rings. The van der Waals surface area contributed by atoms with Crippen molar-refractivity contribution in [1.82, 2.24) is 15.4 Å². The van der Waals surface area contributed by atoms with Crippen molar-refractivity contribution in [2.24, 2.45) is 5.92 Å². The van der Waals surface area contributed by atoms with Gasteiger partial charge in [-0.15, -0.1) is 0 Å². The maximum atomic E-state index is 10.9. The van der Waals surface area contributed by atoms with Gasteiger partial charge in [0.2, 0.25) is 5.69 Å². The third-order valence-corrected chi connectivity index (χ3v) is 3.30. The quantitative estimate of drug-likeness (QED) is 0.845. The molecule has 21 heavy (non-hydrogen) atoms. The molecule has 6 nitrogen and oxygen atoms in total. The predicted molar refractivity (Wildman–Crippen MR) is 74.1 cm³/mol. The van der Waals surface area contributed by atoms with Crippen LogP contribution in [0.1, 0.15) is 35.3 Å². The Morgan fingerprint density at radius 1 is 1.43 bits per heavy atom. The molecule has 0 unspecified atom stereocenters. The van der Waals surface area contributed by atoms with Gasteiger partial charge in [0.1, 0.15) is 5.75 Å². The molecule has 0 amide bonds. The molecule has 1 aromatic heterocycles. The molecular weight excluding hydrogens is 270 g/mol. The first-order valence-electron chi connectivity index (χ1n) is 6.66. The number of aromatic amines is 1. The molecule has 3 rings (SSSR count). The van der Waals surface area contributed by atoms with Gasteiger partial charge in [0.25, 0.3) is 5.88 Å². The summed E-state index contributed by atoms with van der Waals surface area (Å²) in [4.78, 5) is 10.9. The van der Waals surface area contributed by atoms with Gasteiger partial charge in [-0.25, -0.2) is 9.89 Å². The molecule has 1 heterocycles. The van der Waals surface area contributed by atoms with Crippen LogP contribution in [0.5, 0.6) is 11.6 Å². The zero-order valence-electron chi connectivity index (χ0n) is 11.2. The van der Waals surface area contributed by atoms with Crippen molar-refractivity contribution in [2.45, 2.75) is 19.3 Å². The number of hydrogen-bond acceptors (Lipinski definition) is 4. The number of ether oxygens (including phenoxy) is 1. The lowest BCUT2D eigenvalue weighted by molar-refractivity contribution is 0.0687. The zero-order chi connectivity index (χ0) is 14.7. The van der Waals surface area contributed by atoms with Gasteiger partial charge in [0.15, 0.2) is 0 Å². The maximum Gasteiger partial charge on any atom is 0.359 e. The van der Waals surface area contributed by atoms with Crippen LogP contribution in [0.4, 0.5) is 0 Å². The first-order chi connectivity index (χ1) is 10.2. The average molecular weight is 283 g/mol. The van der Waals surface area contributed by atoms with Crippen molar-refractivity contribution in [3.63, 3.8) is 0 Å². The lowest BCUT2D eigenvalue weighted by atomic mass is 9.86. The van der Waals surface area contributed by atoms with E-state index in [0.29, 0.717) is 11.7 Å². The molecule has 0 atom stereocenters. The number of carboxylic acids is 1. The third kappa shape index (κ3) is 3.03. The van der Waals surface area contributed by atoms with Gasteiger partial charge in [0, 0.05) is 11.5 Å². The Bertz CT molecular complexity index is 723. The number of carbonyl (C=O) groups is 1. The van der Waals surface area contributed by atoms with Gasteiger partial charge in [-0.2, -0.15) is 0 Å². The summed E-state index contributed by atoms with van der Waals surface area (Å²) in [6.45, 7) is 0. The summed E-state index contributed by atoms with van der Waals surface area (Å²) in [5.41, 5.74) is 0.653. The van der Waals surface area contributed by atoms with Crippen LogP contribution in [0.3, 0.4) is 0 Å². The first-order valence-corrected chi connectivity index (χ1v) is 6.66. The molecule has 1 aliphatic rings. The van der Waals surface area contributed by atoms with Crippen LogP contribution in [0, 0.1) is 17.8 Å². The van der Waals surface area contributed by atoms with Crippen LogP contribution in [-0.4, -0.2) is 26.5 Å². The van der Waals surface area contributed by atoms with Gasteiger partial charge in [0.05, 0.1) is 0 Å². The topological polar surface area (TPSA) is 88.1 Å². The molecule has 0 aliphatic heterocycles. The molecule has 0 spiro atoms. The number of nitrogens with one attached hydrogen (secondary N) is 1. The normalized spacial score (nSPS) is 13.9. The Kier molecular flexibility index (Phi) is 3.56. The molecule has 2 N–H and O–H groups in total. The summed E-state index contributed by atoms with van der Waals surface area (Å²) < 4.78 is 5.45. The van der Waals surface area contributed by atoms with Gasteiger partial charge in [-0.3, -0.25) is 0 Å². The Morgan fingerprint density at radius 3 is 3.00 bits per heavy atom. The van der Waals surface area contributed by atoms with Crippen LogP contribution < -0.4 is 4.74 Å². The van der Waals surface area contributed by atoms with Crippen LogP contribution in [0.25, 0.3) is 0 Å². The van der Waals surface area contributed by atoms with Gasteiger partial charge < -0.3 is 9.84 Å². The minimum atomic E-state index is -1.17. The SMILES string of the molecule is O=C(O)c1[nH]nnc1Oc1cccc(C#CC2CCC2)c1. The molecular formula is C15H13N3O3. The van der Waals surface area contributed by atoms with E-state index in [0.717, 1.165) is 5.56 Å². The summed E-state index contributed by atoms with van der Waals surface area (Å²) in [7, 11) is 0. The van der Waals surface area contributed by atoms with Crippen molar-refractivity contribution < 1.29 is 14.6 Å². The van der Waals surface area contributed by atoms with E-state index in [1.807, 2.05) is 6.07 Å². The van der Waals surface area contributed by atoms with Crippen molar-refractivity contribution in [3.8, 4) is 23.5 Å². The lowest BCUT2D eigenvalue weighted by Gasteiger charge is -2.18. The minimum absolute atomic E-state index is 0.0633. The summed E-state index contributed by atoms with van der Waals surface area (Å²) >= 11 is 0. The molecule has 1 aliphatic carbocycles. The maximum absolute atomic E-state index is 10.9. The Morgan fingerprint density at radius 2 is 2.29 bits per heavy atom. The molecule has 1 saturated carbocycles. The van der Waals surface area contributed by atoms with E-state index in [1.54, 1.807) is 18.2 Å². The summed E-state index contributed by atoms with van der Waals surface area (Å²) in [5.74, 6) is 6.08. The van der Waals surface area contributed by atoms with E-state index in [4.69, 9.17) is 9.84 Å². The fourth-order valence-corrected chi connectivity index (χ4v) is 1.92. The minimum Gasteiger partial charge on any atom is -0.476 e. The Balaban J connectivity index is 1.77. The summed E-state index contributed by atoms with van der Waals surface area (Å²) in [6, 6.07) is 7.17. The number of aromatic carboxylic acids is 1. The Labute approximate surface area is 121 Å². The number of benzene rings is 1. The largest absolute Gasteiger partial charge is 0.476 e. The second-order valence-electron chi connectivity index (χ2n) is 4.82. The second kappa shape index (κ2) is 5.67. The van der Waals surface area contributed by atoms with Crippen molar-refractivity contribution in [3.05, 3.63) is 35.5 Å². The number of aromatic nitrogens is 3. The van der Waals surface area contributed by atoms with Gasteiger partial charge in [-0.05, 0) is 31.0 Å². The zero-order valence-corrected chi connectivity index (χ0v) is 11.2. The molecule has 0 radical (unpaired) electrons. The van der Waals surface area contributed by atoms with Crippen molar-refractivity contribution >= 4 is 5.97 Å². The smallest absolute Gasteiger partial charge is 0.359 e. The molecule has 0 saturated heterocycles. The highest BCUT2D eigenvalue weighted by Crippen LogP contribution is 2.26. The van der Waals surface area contributed by atoms with Crippen LogP contribution in [0.2, 0.25) is 0 Å². The molecule has 6 heteroatoms. The number of rotatable bonds is 3. The third-order valence-electron chi connectivity index (χ3n) is 3.30. The summed E-state index contributed by atoms with van der Waals surface area (Å²) in [6.07, 6.45) is 3.60. The Hall–Kier alpha value is -2.81. The molecule has 2 aromatic rings. The second-order valence-corrected chi connectivity index (χ2v) is 4.82. The highest BCUT2D eigenvalue weighted by Gasteiger charge is 2.16. The van der Waals surface area contributed by atoms with Crippen molar-refractivity contribution in [1.29, 1.82) is 0 Å². The van der Waals surface area contributed by atoms with Crippen LogP contribution >= 0.6 is 0 Å². The number of hydrogen-bond donors (Lipinski definition) is 2. The highest BCUT2D eigenvalue weighted by atomic mass is 16.5. The van der Waals surface area contributed by atoms with E-state index in [9.17, 15) is 4.79 Å². The predicted octanol–water partition coefficient (Wildman–Crippen LogP) is 2.45. The molecule has 0 bridgehead atoms. The summed E-state index contributed by atoms with van der Waals surface area (Å²) in [5, 5.41) is 18.3. The number of H-pyrrole nitrogens is 1. The standard InChI is InChI=1S/C15H13N3O3/c19-15(20)13-14(17-18-16-13)21-12-6-2-5-11(9-12)8-7-10-3-1-4-10/h2,5-6,9-10H,1,3-4H2,(H,19,20)(H,16,17,18). The molecule has 1 aromatic carbocycles. The van der Waals surface area contributed by atoms with E-state index < -0.39 is 5.97 Å².